The number of rotatable bonds is 1. The van der Waals surface area contributed by atoms with E-state index < -0.39 is 0 Å². The van der Waals surface area contributed by atoms with E-state index in [1.54, 1.807) is 0 Å². The molecule has 0 saturated carbocycles. The Morgan fingerprint density at radius 3 is 2.92 bits per heavy atom. The van der Waals surface area contributed by atoms with Crippen molar-refractivity contribution in [3.63, 3.8) is 0 Å². The van der Waals surface area contributed by atoms with Gasteiger partial charge in [0.25, 0.3) is 0 Å². The van der Waals surface area contributed by atoms with Gasteiger partial charge in [0.2, 0.25) is 0 Å². The fourth-order valence-electron chi connectivity index (χ4n) is 2.43. The van der Waals surface area contributed by atoms with Crippen LogP contribution in [0.25, 0.3) is 0 Å². The molecule has 70 valence electrons. The van der Waals surface area contributed by atoms with E-state index in [1.165, 1.54) is 28.7 Å². The lowest BCUT2D eigenvalue weighted by atomic mass is 9.95. The van der Waals surface area contributed by atoms with E-state index >= 15 is 0 Å². The maximum atomic E-state index is 6.09. The summed E-state index contributed by atoms with van der Waals surface area (Å²) in [5.74, 6) is 0. The van der Waals surface area contributed by atoms with E-state index in [0.29, 0.717) is 6.04 Å². The summed E-state index contributed by atoms with van der Waals surface area (Å²) >= 11 is 0. The molecule has 2 rings (SSSR count). The largest absolute Gasteiger partial charge is 0.324 e. The normalized spacial score (nSPS) is 20.4. The van der Waals surface area contributed by atoms with E-state index in [1.807, 2.05) is 0 Å². The lowest BCUT2D eigenvalue weighted by Crippen LogP contribution is -2.09. The lowest BCUT2D eigenvalue weighted by molar-refractivity contribution is 0.707. The van der Waals surface area contributed by atoms with Crippen molar-refractivity contribution < 1.29 is 0 Å². The van der Waals surface area contributed by atoms with Crippen molar-refractivity contribution in [3.8, 4) is 0 Å². The van der Waals surface area contributed by atoms with Crippen LogP contribution in [-0.2, 0) is 12.8 Å². The van der Waals surface area contributed by atoms with Gasteiger partial charge in [-0.05, 0) is 48.4 Å². The van der Waals surface area contributed by atoms with E-state index in [9.17, 15) is 0 Å². The minimum Gasteiger partial charge on any atom is -0.324 e. The zero-order valence-corrected chi connectivity index (χ0v) is 8.43. The first kappa shape index (κ1) is 8.76. The van der Waals surface area contributed by atoms with Crippen LogP contribution in [0, 0.1) is 6.92 Å². The second kappa shape index (κ2) is 3.15. The number of hydrogen-bond acceptors (Lipinski definition) is 1. The van der Waals surface area contributed by atoms with Crippen LogP contribution in [-0.4, -0.2) is 0 Å². The first-order valence-corrected chi connectivity index (χ1v) is 5.11. The Labute approximate surface area is 80.0 Å². The van der Waals surface area contributed by atoms with Gasteiger partial charge in [-0.1, -0.05) is 19.1 Å². The molecule has 2 N–H and O–H groups in total. The topological polar surface area (TPSA) is 26.0 Å². The van der Waals surface area contributed by atoms with E-state index in [2.05, 4.69) is 26.0 Å². The van der Waals surface area contributed by atoms with Crippen LogP contribution < -0.4 is 5.73 Å². The second-order valence-electron chi connectivity index (χ2n) is 3.93. The van der Waals surface area contributed by atoms with Crippen LogP contribution in [0.4, 0.5) is 0 Å². The first-order valence-electron chi connectivity index (χ1n) is 5.11. The van der Waals surface area contributed by atoms with Crippen molar-refractivity contribution in [2.24, 2.45) is 5.73 Å². The first-order chi connectivity index (χ1) is 6.24. The summed E-state index contributed by atoms with van der Waals surface area (Å²) in [5.41, 5.74) is 11.9. The molecule has 1 aliphatic carbocycles. The smallest absolute Gasteiger partial charge is 0.0303 e. The number of hydrogen-bond donors (Lipinski definition) is 1. The molecule has 1 aromatic carbocycles. The fraction of sp³-hybridized carbons (Fsp3) is 0.500. The van der Waals surface area contributed by atoms with Crippen LogP contribution in [0.5, 0.6) is 0 Å². The van der Waals surface area contributed by atoms with Crippen molar-refractivity contribution in [3.05, 3.63) is 34.4 Å². The molecule has 0 amide bonds. The quantitative estimate of drug-likeness (QED) is 0.697. The molecule has 0 spiro atoms. The van der Waals surface area contributed by atoms with Crippen LogP contribution in [0.15, 0.2) is 12.1 Å². The molecule has 0 saturated heterocycles. The molecular formula is C12H17N. The summed E-state index contributed by atoms with van der Waals surface area (Å²) < 4.78 is 0. The van der Waals surface area contributed by atoms with Gasteiger partial charge in [0.15, 0.2) is 0 Å². The second-order valence-corrected chi connectivity index (χ2v) is 3.93. The van der Waals surface area contributed by atoms with Gasteiger partial charge in [-0.2, -0.15) is 0 Å². The summed E-state index contributed by atoms with van der Waals surface area (Å²) in [4.78, 5) is 0. The summed E-state index contributed by atoms with van der Waals surface area (Å²) in [5, 5.41) is 0. The molecule has 1 aliphatic rings. The molecule has 0 aliphatic heterocycles. The van der Waals surface area contributed by atoms with Crippen molar-refractivity contribution in [2.75, 3.05) is 0 Å². The van der Waals surface area contributed by atoms with Crippen molar-refractivity contribution in [2.45, 2.75) is 39.2 Å². The Hall–Kier alpha value is -0.820. The molecule has 1 nitrogen and oxygen atoms in total. The Morgan fingerprint density at radius 2 is 2.23 bits per heavy atom. The molecule has 13 heavy (non-hydrogen) atoms. The predicted octanol–water partition coefficient (Wildman–Crippen LogP) is 2.50. The van der Waals surface area contributed by atoms with Gasteiger partial charge < -0.3 is 5.73 Å². The zero-order valence-electron chi connectivity index (χ0n) is 8.43. The molecule has 0 aromatic heterocycles. The Kier molecular flexibility index (Phi) is 2.12. The molecular weight excluding hydrogens is 158 g/mol. The van der Waals surface area contributed by atoms with Crippen molar-refractivity contribution >= 4 is 0 Å². The van der Waals surface area contributed by atoms with Crippen LogP contribution in [0.1, 0.15) is 41.6 Å². The van der Waals surface area contributed by atoms with Crippen molar-refractivity contribution in [1.82, 2.24) is 0 Å². The summed E-state index contributed by atoms with van der Waals surface area (Å²) in [7, 11) is 0. The number of aryl methyl sites for hydroxylation is 2. The highest BCUT2D eigenvalue weighted by Gasteiger charge is 2.22. The van der Waals surface area contributed by atoms with Crippen LogP contribution in [0.3, 0.4) is 0 Å². The third-order valence-electron chi connectivity index (χ3n) is 3.13. The average Bonchev–Trinajstić information content (AvgIpc) is 2.49. The van der Waals surface area contributed by atoms with Gasteiger partial charge in [0.05, 0.1) is 0 Å². The third kappa shape index (κ3) is 1.28. The average molecular weight is 175 g/mol. The van der Waals surface area contributed by atoms with Crippen molar-refractivity contribution in [1.29, 1.82) is 0 Å². The van der Waals surface area contributed by atoms with E-state index in [0.717, 1.165) is 12.8 Å². The van der Waals surface area contributed by atoms with Gasteiger partial charge in [-0.3, -0.25) is 0 Å². The SMILES string of the molecule is CCc1c(C)ccc2c1[C@H](N)CC2. The molecule has 1 atom stereocenters. The van der Waals surface area contributed by atoms with E-state index in [4.69, 9.17) is 5.73 Å². The highest BCUT2D eigenvalue weighted by Crippen LogP contribution is 2.33. The number of nitrogens with two attached hydrogens (primary N) is 1. The summed E-state index contributed by atoms with van der Waals surface area (Å²) in [6.07, 6.45) is 3.41. The summed E-state index contributed by atoms with van der Waals surface area (Å²) in [6.45, 7) is 4.40. The zero-order chi connectivity index (χ0) is 9.42. The molecule has 0 heterocycles. The molecule has 0 unspecified atom stereocenters. The van der Waals surface area contributed by atoms with Gasteiger partial charge in [-0.25, -0.2) is 0 Å². The Balaban J connectivity index is 2.60. The fourth-order valence-corrected chi connectivity index (χ4v) is 2.43. The Morgan fingerprint density at radius 1 is 1.46 bits per heavy atom. The standard InChI is InChI=1S/C12H17N/c1-3-10-8(2)4-5-9-6-7-11(13)12(9)10/h4-5,11H,3,6-7,13H2,1-2H3/t11-/m1/s1. The Bertz CT molecular complexity index is 328. The molecule has 0 bridgehead atoms. The van der Waals surface area contributed by atoms with Crippen LogP contribution in [0.2, 0.25) is 0 Å². The highest BCUT2D eigenvalue weighted by atomic mass is 14.6. The van der Waals surface area contributed by atoms with Gasteiger partial charge in [0, 0.05) is 6.04 Å². The number of fused-ring (bicyclic) bond motifs is 1. The van der Waals surface area contributed by atoms with Gasteiger partial charge in [-0.15, -0.1) is 0 Å². The van der Waals surface area contributed by atoms with E-state index in [-0.39, 0.29) is 0 Å². The molecule has 0 radical (unpaired) electrons. The van der Waals surface area contributed by atoms with Crippen LogP contribution >= 0.6 is 0 Å². The van der Waals surface area contributed by atoms with Gasteiger partial charge >= 0.3 is 0 Å². The molecule has 0 fully saturated rings. The lowest BCUT2D eigenvalue weighted by Gasteiger charge is -2.13. The minimum absolute atomic E-state index is 0.296. The van der Waals surface area contributed by atoms with Gasteiger partial charge in [0.1, 0.15) is 0 Å². The summed E-state index contributed by atoms with van der Waals surface area (Å²) in [6, 6.07) is 4.77. The monoisotopic (exact) mass is 175 g/mol. The maximum Gasteiger partial charge on any atom is 0.0303 e. The highest BCUT2D eigenvalue weighted by molar-refractivity contribution is 5.45. The molecule has 1 aromatic rings. The molecule has 1 heteroatoms. The number of benzene rings is 1. The maximum absolute atomic E-state index is 6.09. The third-order valence-corrected chi connectivity index (χ3v) is 3.13. The predicted molar refractivity (Wildman–Crippen MR) is 55.8 cm³/mol. The minimum atomic E-state index is 0.296.